The monoisotopic (exact) mass is 352 g/mol. The maximum absolute atomic E-state index is 12.4. The average Bonchev–Trinajstić information content (AvgIpc) is 2.58. The van der Waals surface area contributed by atoms with Gasteiger partial charge in [0.05, 0.1) is 27.0 Å². The van der Waals surface area contributed by atoms with Gasteiger partial charge in [-0.25, -0.2) is 4.79 Å². The Hall–Kier alpha value is -2.64. The van der Waals surface area contributed by atoms with Gasteiger partial charge in [-0.3, -0.25) is 10.3 Å². The van der Waals surface area contributed by atoms with E-state index in [1.165, 1.54) is 0 Å². The van der Waals surface area contributed by atoms with Gasteiger partial charge in [0.15, 0.2) is 17.5 Å². The van der Waals surface area contributed by atoms with Crippen LogP contribution in [0, 0.1) is 13.8 Å². The predicted molar refractivity (Wildman–Crippen MR) is 99.4 cm³/mol. The molecule has 140 valence electrons. The molecule has 1 aromatic rings. The van der Waals surface area contributed by atoms with Crippen molar-refractivity contribution in [1.82, 2.24) is 10.6 Å². The minimum Gasteiger partial charge on any atom is -0.492 e. The standard InChI is InChI=1S/C17H28N4O4/c1-8-18-16(19-9-2)21-17(22)20-12-10(3)13(23-5)15(25-7)14(24-6)11(12)4/h8-9H2,1-7H3,(H3,18,19,20,21,22). The normalized spacial score (nSPS) is 10.9. The zero-order valence-electron chi connectivity index (χ0n) is 16.0. The molecule has 1 rings (SSSR count). The van der Waals surface area contributed by atoms with Gasteiger partial charge in [0.25, 0.3) is 0 Å². The number of rotatable bonds is 6. The zero-order valence-corrected chi connectivity index (χ0v) is 16.0. The molecule has 0 aromatic heterocycles. The van der Waals surface area contributed by atoms with Crippen LogP contribution in [0.2, 0.25) is 0 Å². The summed E-state index contributed by atoms with van der Waals surface area (Å²) < 4.78 is 16.3. The van der Waals surface area contributed by atoms with Crippen LogP contribution >= 0.6 is 0 Å². The number of benzene rings is 1. The first-order valence-electron chi connectivity index (χ1n) is 8.10. The SMILES string of the molecule is CCN=C(NCC)NC(=O)Nc1c(C)c(OC)c(OC)c(OC)c1C. The number of carbonyl (C=O) groups is 1. The fourth-order valence-corrected chi connectivity index (χ4v) is 2.53. The van der Waals surface area contributed by atoms with E-state index in [1.807, 2.05) is 27.7 Å². The second-order valence-electron chi connectivity index (χ2n) is 5.16. The van der Waals surface area contributed by atoms with Crippen molar-refractivity contribution in [2.45, 2.75) is 27.7 Å². The summed E-state index contributed by atoms with van der Waals surface area (Å²) in [6.45, 7) is 8.72. The van der Waals surface area contributed by atoms with Crippen LogP contribution in [0.4, 0.5) is 10.5 Å². The molecule has 0 heterocycles. The summed E-state index contributed by atoms with van der Waals surface area (Å²) in [6.07, 6.45) is 0. The van der Waals surface area contributed by atoms with Crippen molar-refractivity contribution in [3.05, 3.63) is 11.1 Å². The molecule has 2 amide bonds. The van der Waals surface area contributed by atoms with E-state index in [2.05, 4.69) is 20.9 Å². The van der Waals surface area contributed by atoms with Crippen LogP contribution in [0.25, 0.3) is 0 Å². The summed E-state index contributed by atoms with van der Waals surface area (Å²) in [5.41, 5.74) is 2.08. The number of nitrogens with one attached hydrogen (secondary N) is 3. The van der Waals surface area contributed by atoms with Crippen LogP contribution in [0.5, 0.6) is 17.2 Å². The molecule has 0 saturated carbocycles. The number of anilines is 1. The fourth-order valence-electron chi connectivity index (χ4n) is 2.53. The molecule has 8 nitrogen and oxygen atoms in total. The van der Waals surface area contributed by atoms with Crippen LogP contribution in [0.1, 0.15) is 25.0 Å². The number of methoxy groups -OCH3 is 3. The van der Waals surface area contributed by atoms with Crippen LogP contribution in [0.3, 0.4) is 0 Å². The van der Waals surface area contributed by atoms with Crippen molar-refractivity contribution in [2.24, 2.45) is 4.99 Å². The summed E-state index contributed by atoms with van der Waals surface area (Å²) >= 11 is 0. The molecule has 25 heavy (non-hydrogen) atoms. The maximum Gasteiger partial charge on any atom is 0.326 e. The molecular weight excluding hydrogens is 324 g/mol. The van der Waals surface area contributed by atoms with Crippen molar-refractivity contribution in [3.8, 4) is 17.2 Å². The van der Waals surface area contributed by atoms with Crippen molar-refractivity contribution < 1.29 is 19.0 Å². The van der Waals surface area contributed by atoms with Gasteiger partial charge in [-0.15, -0.1) is 0 Å². The van der Waals surface area contributed by atoms with Gasteiger partial charge in [0.1, 0.15) is 0 Å². The van der Waals surface area contributed by atoms with E-state index in [-0.39, 0.29) is 0 Å². The number of carbonyl (C=O) groups excluding carboxylic acids is 1. The van der Waals surface area contributed by atoms with Crippen LogP contribution in [0.15, 0.2) is 4.99 Å². The Kier molecular flexibility index (Phi) is 7.84. The molecule has 0 bridgehead atoms. The highest BCUT2D eigenvalue weighted by molar-refractivity contribution is 6.03. The Balaban J connectivity index is 3.21. The van der Waals surface area contributed by atoms with E-state index >= 15 is 0 Å². The lowest BCUT2D eigenvalue weighted by Gasteiger charge is -2.21. The molecule has 0 fully saturated rings. The van der Waals surface area contributed by atoms with E-state index in [0.717, 1.165) is 11.1 Å². The van der Waals surface area contributed by atoms with Crippen molar-refractivity contribution in [1.29, 1.82) is 0 Å². The Labute approximate surface area is 148 Å². The molecule has 0 radical (unpaired) electrons. The lowest BCUT2D eigenvalue weighted by molar-refractivity contribution is 0.255. The molecule has 0 unspecified atom stereocenters. The quantitative estimate of drug-likeness (QED) is 0.540. The summed E-state index contributed by atoms with van der Waals surface area (Å²) in [6, 6.07) is -0.409. The summed E-state index contributed by atoms with van der Waals surface area (Å²) in [5.74, 6) is 1.93. The number of amides is 2. The Morgan fingerprint density at radius 3 is 1.88 bits per heavy atom. The van der Waals surface area contributed by atoms with Crippen LogP contribution in [-0.4, -0.2) is 46.4 Å². The van der Waals surface area contributed by atoms with Crippen LogP contribution in [-0.2, 0) is 0 Å². The van der Waals surface area contributed by atoms with E-state index in [1.54, 1.807) is 21.3 Å². The van der Waals surface area contributed by atoms with Gasteiger partial charge in [0, 0.05) is 24.2 Å². The topological polar surface area (TPSA) is 93.2 Å². The van der Waals surface area contributed by atoms with E-state index in [9.17, 15) is 4.79 Å². The number of hydrogen-bond donors (Lipinski definition) is 3. The first-order valence-corrected chi connectivity index (χ1v) is 8.10. The third kappa shape index (κ3) is 4.68. The summed E-state index contributed by atoms with van der Waals surface area (Å²) in [4.78, 5) is 16.6. The van der Waals surface area contributed by atoms with Gasteiger partial charge in [-0.1, -0.05) is 0 Å². The Morgan fingerprint density at radius 2 is 1.48 bits per heavy atom. The number of urea groups is 1. The molecule has 0 saturated heterocycles. The van der Waals surface area contributed by atoms with Gasteiger partial charge >= 0.3 is 6.03 Å². The van der Waals surface area contributed by atoms with Gasteiger partial charge in [0.2, 0.25) is 5.75 Å². The number of guanidine groups is 1. The third-order valence-corrected chi connectivity index (χ3v) is 3.59. The maximum atomic E-state index is 12.4. The zero-order chi connectivity index (χ0) is 19.0. The lowest BCUT2D eigenvalue weighted by atomic mass is 10.1. The molecule has 0 aliphatic rings. The lowest BCUT2D eigenvalue weighted by Crippen LogP contribution is -2.43. The van der Waals surface area contributed by atoms with Crippen molar-refractivity contribution in [3.63, 3.8) is 0 Å². The highest BCUT2D eigenvalue weighted by atomic mass is 16.5. The minimum absolute atomic E-state index is 0.409. The largest absolute Gasteiger partial charge is 0.492 e. The Morgan fingerprint density at radius 1 is 0.960 bits per heavy atom. The molecule has 1 aromatic carbocycles. The number of ether oxygens (including phenoxy) is 3. The second kappa shape index (κ2) is 9.61. The summed E-state index contributed by atoms with van der Waals surface area (Å²) in [7, 11) is 4.63. The number of aliphatic imine (C=N–C) groups is 1. The molecular formula is C17H28N4O4. The Bertz CT molecular complexity index is 613. The van der Waals surface area contributed by atoms with Crippen molar-refractivity contribution >= 4 is 17.7 Å². The molecule has 0 aliphatic carbocycles. The summed E-state index contributed by atoms with van der Waals surface area (Å²) in [5, 5.41) is 8.54. The highest BCUT2D eigenvalue weighted by Crippen LogP contribution is 2.46. The van der Waals surface area contributed by atoms with E-state index in [0.29, 0.717) is 42.0 Å². The fraction of sp³-hybridized carbons (Fsp3) is 0.529. The average molecular weight is 352 g/mol. The highest BCUT2D eigenvalue weighted by Gasteiger charge is 2.23. The first kappa shape index (κ1) is 20.4. The van der Waals surface area contributed by atoms with Gasteiger partial charge < -0.3 is 24.8 Å². The van der Waals surface area contributed by atoms with Crippen LogP contribution < -0.4 is 30.2 Å². The smallest absolute Gasteiger partial charge is 0.326 e. The van der Waals surface area contributed by atoms with E-state index in [4.69, 9.17) is 14.2 Å². The molecule has 0 spiro atoms. The minimum atomic E-state index is -0.409. The van der Waals surface area contributed by atoms with Gasteiger partial charge in [-0.05, 0) is 27.7 Å². The number of hydrogen-bond acceptors (Lipinski definition) is 5. The molecule has 0 aliphatic heterocycles. The predicted octanol–water partition coefficient (Wildman–Crippen LogP) is 2.44. The van der Waals surface area contributed by atoms with Crippen molar-refractivity contribution in [2.75, 3.05) is 39.7 Å². The van der Waals surface area contributed by atoms with Gasteiger partial charge in [-0.2, -0.15) is 0 Å². The molecule has 3 N–H and O–H groups in total. The van der Waals surface area contributed by atoms with E-state index < -0.39 is 6.03 Å². The molecule has 0 atom stereocenters. The second-order valence-corrected chi connectivity index (χ2v) is 5.16. The number of nitrogens with zero attached hydrogens (tertiary/aromatic N) is 1. The first-order chi connectivity index (χ1) is 11.9. The third-order valence-electron chi connectivity index (χ3n) is 3.59. The molecule has 8 heteroatoms.